The zero-order chi connectivity index (χ0) is 20.6. The van der Waals surface area contributed by atoms with Crippen molar-refractivity contribution in [3.8, 4) is 0 Å². The fourth-order valence-electron chi connectivity index (χ4n) is 2.24. The zero-order valence-electron chi connectivity index (χ0n) is 13.5. The minimum absolute atomic E-state index is 0.0625. The van der Waals surface area contributed by atoms with Crippen molar-refractivity contribution in [1.82, 2.24) is 0 Å². The molecule has 0 spiro atoms. The van der Waals surface area contributed by atoms with Crippen LogP contribution in [-0.2, 0) is 21.0 Å². The van der Waals surface area contributed by atoms with Gasteiger partial charge in [0, 0.05) is 0 Å². The molecule has 2 aromatic carbocycles. The number of hydrogen-bond donors (Lipinski definition) is 1. The van der Waals surface area contributed by atoms with E-state index < -0.39 is 44.4 Å². The van der Waals surface area contributed by atoms with Crippen LogP contribution in [0.4, 0.5) is 18.9 Å². The largest absolute Gasteiger partial charge is 0.480 e. The van der Waals surface area contributed by atoms with Crippen LogP contribution in [0, 0.1) is 0 Å². The fourth-order valence-corrected chi connectivity index (χ4v) is 4.24. The molecule has 0 radical (unpaired) electrons. The smallest absolute Gasteiger partial charge is 0.416 e. The SMILES string of the molecule is CC(C(=O)O)N(c1cccc(C(F)(F)F)c1)S(=O)(=O)c1ccc(Cl)c(Cl)c1. The van der Waals surface area contributed by atoms with Crippen molar-refractivity contribution in [2.24, 2.45) is 0 Å². The van der Waals surface area contributed by atoms with Crippen LogP contribution in [-0.4, -0.2) is 25.5 Å². The van der Waals surface area contributed by atoms with Crippen molar-refractivity contribution in [2.75, 3.05) is 4.31 Å². The fraction of sp³-hybridized carbons (Fsp3) is 0.188. The van der Waals surface area contributed by atoms with E-state index in [4.69, 9.17) is 23.2 Å². The first-order valence-electron chi connectivity index (χ1n) is 7.25. The van der Waals surface area contributed by atoms with E-state index in [1.54, 1.807) is 0 Å². The van der Waals surface area contributed by atoms with Crippen LogP contribution in [0.25, 0.3) is 0 Å². The number of benzene rings is 2. The van der Waals surface area contributed by atoms with Gasteiger partial charge >= 0.3 is 12.1 Å². The van der Waals surface area contributed by atoms with Crippen LogP contribution in [0.5, 0.6) is 0 Å². The lowest BCUT2D eigenvalue weighted by Crippen LogP contribution is -2.43. The Morgan fingerprint density at radius 2 is 1.74 bits per heavy atom. The summed E-state index contributed by atoms with van der Waals surface area (Å²) in [5.41, 5.74) is -1.57. The maximum absolute atomic E-state index is 13.0. The van der Waals surface area contributed by atoms with Gasteiger partial charge in [0.1, 0.15) is 6.04 Å². The third-order valence-corrected chi connectivity index (χ3v) is 6.22. The average molecular weight is 442 g/mol. The number of halogens is 5. The summed E-state index contributed by atoms with van der Waals surface area (Å²) in [5.74, 6) is -1.55. The molecular formula is C16H12Cl2F3NO4S. The summed E-state index contributed by atoms with van der Waals surface area (Å²) in [6.45, 7) is 1.04. The molecule has 0 fully saturated rings. The minimum atomic E-state index is -4.73. The molecule has 0 amide bonds. The van der Waals surface area contributed by atoms with E-state index in [1.165, 1.54) is 6.07 Å². The molecule has 2 aromatic rings. The first kappa shape index (κ1) is 21.3. The van der Waals surface area contributed by atoms with E-state index in [-0.39, 0.29) is 10.0 Å². The van der Waals surface area contributed by atoms with Gasteiger partial charge in [-0.1, -0.05) is 29.3 Å². The van der Waals surface area contributed by atoms with E-state index in [2.05, 4.69) is 0 Å². The Hall–Kier alpha value is -1.97. The molecule has 1 unspecified atom stereocenters. The first-order chi connectivity index (χ1) is 12.4. The Morgan fingerprint density at radius 3 is 2.26 bits per heavy atom. The highest BCUT2D eigenvalue weighted by Gasteiger charge is 2.36. The standard InChI is InChI=1S/C16H12Cl2F3NO4S/c1-9(15(23)24)22(11-4-2-3-10(7-11)16(19,20)21)27(25,26)12-5-6-13(17)14(18)8-12/h2-9H,1H3,(H,23,24). The van der Waals surface area contributed by atoms with Gasteiger partial charge in [-0.2, -0.15) is 13.2 Å². The van der Waals surface area contributed by atoms with Gasteiger partial charge in [0.15, 0.2) is 0 Å². The van der Waals surface area contributed by atoms with E-state index in [0.29, 0.717) is 10.4 Å². The lowest BCUT2D eigenvalue weighted by Gasteiger charge is -2.28. The van der Waals surface area contributed by atoms with Gasteiger partial charge in [-0.25, -0.2) is 13.2 Å². The van der Waals surface area contributed by atoms with Crippen LogP contribution >= 0.6 is 23.2 Å². The summed E-state index contributed by atoms with van der Waals surface area (Å²) in [4.78, 5) is 11.0. The number of aliphatic carboxylic acids is 1. The van der Waals surface area contributed by atoms with Crippen molar-refractivity contribution in [1.29, 1.82) is 0 Å². The second-order valence-corrected chi connectivity index (χ2v) is 8.07. The Morgan fingerprint density at radius 1 is 1.11 bits per heavy atom. The van der Waals surface area contributed by atoms with Crippen LogP contribution < -0.4 is 4.31 Å². The van der Waals surface area contributed by atoms with Crippen LogP contribution in [0.15, 0.2) is 47.4 Å². The topological polar surface area (TPSA) is 74.7 Å². The lowest BCUT2D eigenvalue weighted by molar-refractivity contribution is -0.138. The number of sulfonamides is 1. The van der Waals surface area contributed by atoms with Gasteiger partial charge in [0.05, 0.1) is 26.2 Å². The monoisotopic (exact) mass is 441 g/mol. The molecule has 11 heteroatoms. The molecule has 0 saturated carbocycles. The number of carboxylic acid groups (broad SMARTS) is 1. The van der Waals surface area contributed by atoms with Gasteiger partial charge in [0.2, 0.25) is 0 Å². The molecule has 0 aliphatic rings. The number of hydrogen-bond acceptors (Lipinski definition) is 3. The Labute approximate surface area is 163 Å². The number of rotatable bonds is 5. The Bertz CT molecular complexity index is 980. The summed E-state index contributed by atoms with van der Waals surface area (Å²) >= 11 is 11.6. The molecule has 0 aromatic heterocycles. The third-order valence-electron chi connectivity index (χ3n) is 3.58. The Kier molecular flexibility index (Phi) is 5.98. The second-order valence-electron chi connectivity index (χ2n) is 5.44. The van der Waals surface area contributed by atoms with E-state index in [9.17, 15) is 31.5 Å². The van der Waals surface area contributed by atoms with Gasteiger partial charge in [0.25, 0.3) is 10.0 Å². The number of anilines is 1. The normalized spacial score (nSPS) is 13.3. The molecule has 1 N–H and O–H groups in total. The predicted octanol–water partition coefficient (Wildman–Crippen LogP) is 4.68. The number of carbonyl (C=O) groups is 1. The van der Waals surface area contributed by atoms with E-state index in [1.807, 2.05) is 0 Å². The van der Waals surface area contributed by atoms with Crippen molar-refractivity contribution < 1.29 is 31.5 Å². The molecule has 0 aliphatic carbocycles. The molecular weight excluding hydrogens is 430 g/mol. The molecule has 0 saturated heterocycles. The summed E-state index contributed by atoms with van der Waals surface area (Å²) < 4.78 is 65.3. The molecule has 27 heavy (non-hydrogen) atoms. The van der Waals surface area contributed by atoms with Crippen LogP contribution in [0.2, 0.25) is 10.0 Å². The minimum Gasteiger partial charge on any atom is -0.480 e. The molecule has 0 bridgehead atoms. The van der Waals surface area contributed by atoms with Crippen molar-refractivity contribution in [3.05, 3.63) is 58.1 Å². The van der Waals surface area contributed by atoms with Crippen LogP contribution in [0.1, 0.15) is 12.5 Å². The summed E-state index contributed by atoms with van der Waals surface area (Å²) in [6.07, 6.45) is -4.73. The number of carboxylic acids is 1. The number of nitrogens with zero attached hydrogens (tertiary/aromatic N) is 1. The molecule has 2 rings (SSSR count). The van der Waals surface area contributed by atoms with E-state index in [0.717, 1.165) is 37.3 Å². The summed E-state index contributed by atoms with van der Waals surface area (Å²) in [6, 6.07) is 4.95. The molecule has 5 nitrogen and oxygen atoms in total. The van der Waals surface area contributed by atoms with Crippen LogP contribution in [0.3, 0.4) is 0 Å². The quantitative estimate of drug-likeness (QED) is 0.730. The third kappa shape index (κ3) is 4.48. The molecule has 0 aliphatic heterocycles. The number of alkyl halides is 3. The highest BCUT2D eigenvalue weighted by atomic mass is 35.5. The second kappa shape index (κ2) is 7.57. The highest BCUT2D eigenvalue weighted by Crippen LogP contribution is 2.35. The zero-order valence-corrected chi connectivity index (χ0v) is 15.9. The highest BCUT2D eigenvalue weighted by molar-refractivity contribution is 7.93. The lowest BCUT2D eigenvalue weighted by atomic mass is 10.2. The van der Waals surface area contributed by atoms with Crippen molar-refractivity contribution in [3.63, 3.8) is 0 Å². The average Bonchev–Trinajstić information content (AvgIpc) is 2.56. The van der Waals surface area contributed by atoms with Crippen molar-refractivity contribution in [2.45, 2.75) is 24.0 Å². The van der Waals surface area contributed by atoms with Gasteiger partial charge < -0.3 is 5.11 Å². The molecule has 0 heterocycles. The maximum atomic E-state index is 13.0. The van der Waals surface area contributed by atoms with Gasteiger partial charge in [-0.3, -0.25) is 4.31 Å². The van der Waals surface area contributed by atoms with E-state index >= 15 is 0 Å². The Balaban J connectivity index is 2.69. The van der Waals surface area contributed by atoms with Crippen molar-refractivity contribution >= 4 is 44.9 Å². The predicted molar refractivity (Wildman–Crippen MR) is 94.7 cm³/mol. The molecule has 146 valence electrons. The van der Waals surface area contributed by atoms with Gasteiger partial charge in [-0.05, 0) is 43.3 Å². The first-order valence-corrected chi connectivity index (χ1v) is 9.45. The van der Waals surface area contributed by atoms with Gasteiger partial charge in [-0.15, -0.1) is 0 Å². The summed E-state index contributed by atoms with van der Waals surface area (Å²) in [5, 5.41) is 9.23. The molecule has 1 atom stereocenters. The maximum Gasteiger partial charge on any atom is 0.416 e. The summed E-state index contributed by atoms with van der Waals surface area (Å²) in [7, 11) is -4.56.